The Hall–Kier alpha value is -4.62. The minimum absolute atomic E-state index is 0.0991. The van der Waals surface area contributed by atoms with E-state index < -0.39 is 38.2 Å². The van der Waals surface area contributed by atoms with E-state index in [2.05, 4.69) is 48.9 Å². The molecule has 13 heteroatoms. The van der Waals surface area contributed by atoms with Crippen molar-refractivity contribution in [2.75, 3.05) is 13.7 Å². The zero-order chi connectivity index (χ0) is 43.3. The van der Waals surface area contributed by atoms with Gasteiger partial charge in [-0.3, -0.25) is 19.1 Å². The number of ketones is 1. The number of pyridine rings is 1. The number of nitrogens with zero attached hydrogens (tertiary/aromatic N) is 3. The van der Waals surface area contributed by atoms with Crippen LogP contribution in [0.25, 0.3) is 21.6 Å². The average molecular weight is 867 g/mol. The Morgan fingerprint density at radius 2 is 1.80 bits per heavy atom. The fraction of sp³-hybridized carbons (Fsp3) is 0.521. The van der Waals surface area contributed by atoms with E-state index in [4.69, 9.17) is 19.4 Å². The van der Waals surface area contributed by atoms with E-state index >= 15 is 4.79 Å². The van der Waals surface area contributed by atoms with Crippen molar-refractivity contribution in [1.29, 1.82) is 0 Å². The van der Waals surface area contributed by atoms with Gasteiger partial charge in [-0.15, -0.1) is 11.3 Å². The number of nitrogens with one attached hydrogen (secondary N) is 1. The molecule has 3 fully saturated rings. The SMILES string of the molecule is COc1ccc2c(O[C@@H]3C[C@H]4C(=O)C[C@]5(C(=O)NS(=O)(=O)C6(C)CC6)C[C@@H]5/C=C\CCCCC[C@H](Cc5ccc(C)cc5)C(=O)N4C3)cc(-c3nc(C(C)C)cs3)nc2c1C. The Morgan fingerprint density at radius 3 is 2.51 bits per heavy atom. The zero-order valence-electron chi connectivity index (χ0n) is 36.2. The third-order valence-corrected chi connectivity index (χ3v) is 16.6. The molecule has 2 saturated carbocycles. The Kier molecular flexibility index (Phi) is 11.9. The molecule has 5 atom stereocenters. The van der Waals surface area contributed by atoms with Crippen molar-refractivity contribution in [3.05, 3.63) is 82.4 Å². The van der Waals surface area contributed by atoms with Crippen LogP contribution in [0.1, 0.15) is 113 Å². The summed E-state index contributed by atoms with van der Waals surface area (Å²) >= 11 is 1.52. The van der Waals surface area contributed by atoms with Crippen LogP contribution in [0, 0.1) is 31.1 Å². The molecular formula is C48H58N4O7S2. The summed E-state index contributed by atoms with van der Waals surface area (Å²) < 4.78 is 40.7. The first-order chi connectivity index (χ1) is 29.1. The van der Waals surface area contributed by atoms with Gasteiger partial charge in [0.2, 0.25) is 21.8 Å². The number of thiazole rings is 1. The van der Waals surface area contributed by atoms with Crippen molar-refractivity contribution in [3.8, 4) is 22.2 Å². The van der Waals surface area contributed by atoms with E-state index in [1.165, 1.54) is 11.3 Å². The van der Waals surface area contributed by atoms with Crippen molar-refractivity contribution in [1.82, 2.24) is 19.6 Å². The lowest BCUT2D eigenvalue weighted by Crippen LogP contribution is -2.47. The van der Waals surface area contributed by atoms with Gasteiger partial charge in [0.15, 0.2) is 5.78 Å². The van der Waals surface area contributed by atoms with Crippen molar-refractivity contribution >= 4 is 49.9 Å². The summed E-state index contributed by atoms with van der Waals surface area (Å²) in [5.41, 5.74) is 4.18. The molecule has 4 aliphatic rings. The number of aromatic nitrogens is 2. The van der Waals surface area contributed by atoms with Gasteiger partial charge in [0, 0.05) is 41.2 Å². The van der Waals surface area contributed by atoms with Crippen molar-refractivity contribution in [3.63, 3.8) is 0 Å². The second kappa shape index (κ2) is 16.9. The third-order valence-electron chi connectivity index (χ3n) is 13.6. The standard InChI is InChI=1S/C48H58N4O7S2/c1-29(2)38-28-60-44(50-38)37-24-42(36-18-19-41(58-6)31(4)43(36)49-37)59-35-23-39-40(53)26-48(46(55)51-61(56,57)47(5)20-21-47)25-34(48)13-11-9-7-8-10-12-33(45(54)52(39)27-35)22-32-16-14-30(3)15-17-32/h11,13-19,24,28-29,33-35,39H,7-10,12,20-23,25-27H2,1-6H3,(H,51,55)/b13-11-/t33-,34+,35-,39+,48-/m1/s1. The maximum atomic E-state index is 15.0. The van der Waals surface area contributed by atoms with Gasteiger partial charge in [-0.1, -0.05) is 68.7 Å². The largest absolute Gasteiger partial charge is 0.496 e. The molecule has 2 aromatic carbocycles. The monoisotopic (exact) mass is 866 g/mol. The fourth-order valence-electron chi connectivity index (χ4n) is 9.08. The molecule has 0 radical (unpaired) electrons. The van der Waals surface area contributed by atoms with Crippen LogP contribution in [-0.4, -0.2) is 71.4 Å². The van der Waals surface area contributed by atoms with Gasteiger partial charge in [0.05, 0.1) is 41.1 Å². The van der Waals surface area contributed by atoms with Gasteiger partial charge in [-0.05, 0) is 95.2 Å². The molecule has 2 aromatic heterocycles. The number of methoxy groups -OCH3 is 1. The van der Waals surface area contributed by atoms with Gasteiger partial charge in [-0.25, -0.2) is 18.4 Å². The van der Waals surface area contributed by atoms with E-state index in [0.717, 1.165) is 58.5 Å². The maximum absolute atomic E-state index is 15.0. The van der Waals surface area contributed by atoms with Crippen LogP contribution in [-0.2, 0) is 30.8 Å². The lowest BCUT2D eigenvalue weighted by atomic mass is 9.90. The van der Waals surface area contributed by atoms with Crippen LogP contribution >= 0.6 is 11.3 Å². The molecule has 0 bridgehead atoms. The topological polar surface area (TPSA) is 145 Å². The quantitative estimate of drug-likeness (QED) is 0.155. The molecule has 2 amide bonds. The third kappa shape index (κ3) is 8.74. The number of ether oxygens (including phenoxy) is 2. The molecular weight excluding hydrogens is 809 g/mol. The van der Waals surface area contributed by atoms with Gasteiger partial charge in [0.1, 0.15) is 28.3 Å². The number of hydrogen-bond donors (Lipinski definition) is 1. The van der Waals surface area contributed by atoms with Crippen molar-refractivity contribution < 1.29 is 32.3 Å². The predicted octanol–water partition coefficient (Wildman–Crippen LogP) is 8.80. The van der Waals surface area contributed by atoms with E-state index in [9.17, 15) is 18.0 Å². The molecule has 8 rings (SSSR count). The minimum atomic E-state index is -3.93. The highest BCUT2D eigenvalue weighted by atomic mass is 32.2. The number of Topliss-reactive ketones (excluding diaryl/α,β-unsaturated/α-hetero) is 1. The number of amides is 2. The Balaban J connectivity index is 1.15. The van der Waals surface area contributed by atoms with Crippen LogP contribution in [0.4, 0.5) is 0 Å². The minimum Gasteiger partial charge on any atom is -0.496 e. The summed E-state index contributed by atoms with van der Waals surface area (Å²) in [4.78, 5) is 55.7. The number of hydrogen-bond acceptors (Lipinski definition) is 10. The zero-order valence-corrected chi connectivity index (χ0v) is 37.8. The summed E-state index contributed by atoms with van der Waals surface area (Å²) in [7, 11) is -2.30. The smallest absolute Gasteiger partial charge is 0.240 e. The first kappa shape index (κ1) is 43.0. The average Bonchev–Trinajstić information content (AvgIpc) is 4.00. The summed E-state index contributed by atoms with van der Waals surface area (Å²) in [6.45, 7) is 10.0. The predicted molar refractivity (Wildman–Crippen MR) is 238 cm³/mol. The Bertz CT molecular complexity index is 2470. The number of allylic oxidation sites excluding steroid dienone is 2. The van der Waals surface area contributed by atoms with Crippen molar-refractivity contribution in [2.24, 2.45) is 17.3 Å². The summed E-state index contributed by atoms with van der Waals surface area (Å²) in [5.74, 6) is -0.118. The van der Waals surface area contributed by atoms with E-state index in [1.807, 2.05) is 43.5 Å². The molecule has 61 heavy (non-hydrogen) atoms. The number of carbonyl (C=O) groups excluding carboxylic acids is 3. The molecule has 2 aliphatic heterocycles. The first-order valence-corrected chi connectivity index (χ1v) is 24.2. The molecule has 2 aliphatic carbocycles. The van der Waals surface area contributed by atoms with Gasteiger partial charge < -0.3 is 14.4 Å². The molecule has 1 N–H and O–H groups in total. The normalized spacial score (nSPS) is 25.9. The maximum Gasteiger partial charge on any atom is 0.240 e. The lowest BCUT2D eigenvalue weighted by molar-refractivity contribution is -0.142. The van der Waals surface area contributed by atoms with Crippen LogP contribution in [0.15, 0.2) is 60.0 Å². The molecule has 11 nitrogen and oxygen atoms in total. The van der Waals surface area contributed by atoms with Gasteiger partial charge >= 0.3 is 0 Å². The second-order valence-corrected chi connectivity index (χ2v) is 21.5. The number of fused-ring (bicyclic) bond motifs is 3. The van der Waals surface area contributed by atoms with Gasteiger partial charge in [0.25, 0.3) is 0 Å². The van der Waals surface area contributed by atoms with E-state index in [-0.39, 0.29) is 48.8 Å². The molecule has 0 unspecified atom stereocenters. The summed E-state index contributed by atoms with van der Waals surface area (Å²) in [6.07, 6.45) is 9.64. The molecule has 4 heterocycles. The first-order valence-electron chi connectivity index (χ1n) is 21.8. The highest BCUT2D eigenvalue weighted by Gasteiger charge is 2.62. The number of sulfonamides is 1. The Labute approximate surface area is 363 Å². The number of aryl methyl sites for hydroxylation is 2. The highest BCUT2D eigenvalue weighted by Crippen LogP contribution is 2.58. The van der Waals surface area contributed by atoms with Crippen LogP contribution in [0.2, 0.25) is 0 Å². The summed E-state index contributed by atoms with van der Waals surface area (Å²) in [6, 6.07) is 13.1. The Morgan fingerprint density at radius 1 is 1.03 bits per heavy atom. The number of benzene rings is 2. The molecule has 1 saturated heterocycles. The van der Waals surface area contributed by atoms with Crippen molar-refractivity contribution in [2.45, 2.75) is 128 Å². The van der Waals surface area contributed by atoms with Gasteiger partial charge in [-0.2, -0.15) is 0 Å². The van der Waals surface area contributed by atoms with E-state index in [1.54, 1.807) is 18.9 Å². The lowest BCUT2D eigenvalue weighted by Gasteiger charge is -2.29. The van der Waals surface area contributed by atoms with Crippen LogP contribution < -0.4 is 14.2 Å². The van der Waals surface area contributed by atoms with E-state index in [0.29, 0.717) is 54.8 Å². The highest BCUT2D eigenvalue weighted by molar-refractivity contribution is 7.91. The summed E-state index contributed by atoms with van der Waals surface area (Å²) in [5, 5.41) is 3.58. The van der Waals surface area contributed by atoms with Crippen LogP contribution in [0.5, 0.6) is 11.5 Å². The van der Waals surface area contributed by atoms with Crippen LogP contribution in [0.3, 0.4) is 0 Å². The second-order valence-electron chi connectivity index (χ2n) is 18.5. The molecule has 4 aromatic rings. The molecule has 324 valence electrons. The number of rotatable bonds is 10. The molecule has 0 spiro atoms. The number of carbonyl (C=O) groups is 3. The fourth-order valence-corrected chi connectivity index (χ4v) is 11.4.